The Morgan fingerprint density at radius 2 is 1.88 bits per heavy atom. The Morgan fingerprint density at radius 1 is 1.17 bits per heavy atom. The molecule has 1 amide bonds. The van der Waals surface area contributed by atoms with Crippen LogP contribution in [0.5, 0.6) is 0 Å². The van der Waals surface area contributed by atoms with E-state index in [-0.39, 0.29) is 31.4 Å². The van der Waals surface area contributed by atoms with E-state index >= 15 is 0 Å². The Bertz CT molecular complexity index is 676. The van der Waals surface area contributed by atoms with Crippen LogP contribution in [0.15, 0.2) is 48.5 Å². The fourth-order valence-corrected chi connectivity index (χ4v) is 2.70. The first-order chi connectivity index (χ1) is 11.5. The second-order valence-corrected chi connectivity index (χ2v) is 5.68. The van der Waals surface area contributed by atoms with Gasteiger partial charge in [0.25, 0.3) is 0 Å². The fraction of sp³-hybridized carbons (Fsp3) is 0.316. The molecule has 0 fully saturated rings. The summed E-state index contributed by atoms with van der Waals surface area (Å²) in [4.78, 5) is 14.0. The lowest BCUT2D eigenvalue weighted by Crippen LogP contribution is -2.32. The van der Waals surface area contributed by atoms with E-state index in [4.69, 9.17) is 0 Å². The molecule has 1 N–H and O–H groups in total. The van der Waals surface area contributed by atoms with Crippen molar-refractivity contribution < 1.29 is 18.7 Å². The van der Waals surface area contributed by atoms with Crippen LogP contribution >= 0.6 is 0 Å². The number of halogens is 2. The van der Waals surface area contributed by atoms with Gasteiger partial charge in [-0.3, -0.25) is 4.79 Å². The molecular formula is C19H21F2NO2. The van der Waals surface area contributed by atoms with Gasteiger partial charge in [0.1, 0.15) is 11.6 Å². The van der Waals surface area contributed by atoms with E-state index in [0.717, 1.165) is 11.6 Å². The lowest BCUT2D eigenvalue weighted by atomic mass is 10.0. The molecule has 0 aromatic heterocycles. The summed E-state index contributed by atoms with van der Waals surface area (Å²) in [5.41, 5.74) is 1.26. The highest BCUT2D eigenvalue weighted by molar-refractivity contribution is 5.76. The summed E-state index contributed by atoms with van der Waals surface area (Å²) in [7, 11) is 1.68. The van der Waals surface area contributed by atoms with Gasteiger partial charge in [-0.1, -0.05) is 36.4 Å². The number of amides is 1. The molecule has 0 bridgehead atoms. The van der Waals surface area contributed by atoms with Crippen molar-refractivity contribution >= 4 is 5.91 Å². The van der Waals surface area contributed by atoms with Crippen molar-refractivity contribution in [1.82, 2.24) is 4.90 Å². The van der Waals surface area contributed by atoms with Crippen LogP contribution in [0.3, 0.4) is 0 Å². The number of aryl methyl sites for hydroxylation is 1. The smallest absolute Gasteiger partial charge is 0.223 e. The Hall–Kier alpha value is -2.27. The zero-order valence-corrected chi connectivity index (χ0v) is 13.6. The molecule has 2 aromatic carbocycles. The lowest BCUT2D eigenvalue weighted by Gasteiger charge is -2.28. The largest absolute Gasteiger partial charge is 0.396 e. The second-order valence-electron chi connectivity index (χ2n) is 5.68. The number of hydrogen-bond donors (Lipinski definition) is 1. The number of carbonyl (C=O) groups is 1. The molecule has 1 unspecified atom stereocenters. The van der Waals surface area contributed by atoms with Crippen LogP contribution in [0.4, 0.5) is 8.78 Å². The van der Waals surface area contributed by atoms with Crippen molar-refractivity contribution in [3.8, 4) is 0 Å². The Labute approximate surface area is 140 Å². The standard InChI is InChI=1S/C19H21F2NO2/c1-22(18(11-12-23)15-5-3-2-4-6-15)19(24)10-8-14-7-9-16(20)13-17(14)21/h2-7,9,13,18,23H,8,10-12H2,1H3. The van der Waals surface area contributed by atoms with E-state index in [1.54, 1.807) is 11.9 Å². The van der Waals surface area contributed by atoms with E-state index in [1.165, 1.54) is 12.1 Å². The third-order valence-electron chi connectivity index (χ3n) is 4.07. The average Bonchev–Trinajstić information content (AvgIpc) is 2.59. The van der Waals surface area contributed by atoms with Gasteiger partial charge in [-0.25, -0.2) is 8.78 Å². The first-order valence-corrected chi connectivity index (χ1v) is 7.88. The van der Waals surface area contributed by atoms with Crippen molar-refractivity contribution in [2.45, 2.75) is 25.3 Å². The molecule has 0 radical (unpaired) electrons. The molecule has 0 aliphatic carbocycles. The number of aliphatic hydroxyl groups excluding tert-OH is 1. The molecular weight excluding hydrogens is 312 g/mol. The van der Waals surface area contributed by atoms with E-state index < -0.39 is 11.6 Å². The van der Waals surface area contributed by atoms with E-state index in [1.807, 2.05) is 30.3 Å². The van der Waals surface area contributed by atoms with Gasteiger partial charge in [-0.05, 0) is 30.0 Å². The van der Waals surface area contributed by atoms with Gasteiger partial charge in [0.05, 0.1) is 6.04 Å². The average molecular weight is 333 g/mol. The minimum absolute atomic E-state index is 0.0379. The van der Waals surface area contributed by atoms with Crippen molar-refractivity contribution in [2.24, 2.45) is 0 Å². The summed E-state index contributed by atoms with van der Waals surface area (Å²) < 4.78 is 26.6. The number of carbonyl (C=O) groups excluding carboxylic acids is 1. The minimum atomic E-state index is -0.638. The van der Waals surface area contributed by atoms with Gasteiger partial charge in [0.2, 0.25) is 5.91 Å². The van der Waals surface area contributed by atoms with Gasteiger partial charge in [-0.2, -0.15) is 0 Å². The van der Waals surface area contributed by atoms with Gasteiger partial charge in [0.15, 0.2) is 0 Å². The van der Waals surface area contributed by atoms with E-state index in [9.17, 15) is 18.7 Å². The highest BCUT2D eigenvalue weighted by Crippen LogP contribution is 2.24. The van der Waals surface area contributed by atoms with Gasteiger partial charge in [-0.15, -0.1) is 0 Å². The molecule has 24 heavy (non-hydrogen) atoms. The van der Waals surface area contributed by atoms with Crippen LogP contribution in [0, 0.1) is 11.6 Å². The maximum atomic E-state index is 13.6. The van der Waals surface area contributed by atoms with Crippen molar-refractivity contribution in [3.63, 3.8) is 0 Å². The lowest BCUT2D eigenvalue weighted by molar-refractivity contribution is -0.132. The van der Waals surface area contributed by atoms with Crippen LogP contribution in [-0.2, 0) is 11.2 Å². The predicted octanol–water partition coefficient (Wildman–Crippen LogP) is 3.48. The predicted molar refractivity (Wildman–Crippen MR) is 88.3 cm³/mol. The highest BCUT2D eigenvalue weighted by atomic mass is 19.1. The van der Waals surface area contributed by atoms with Crippen molar-refractivity contribution in [2.75, 3.05) is 13.7 Å². The van der Waals surface area contributed by atoms with Crippen LogP contribution in [0.1, 0.15) is 30.0 Å². The van der Waals surface area contributed by atoms with Crippen LogP contribution in [-0.4, -0.2) is 29.6 Å². The quantitative estimate of drug-likeness (QED) is 0.843. The van der Waals surface area contributed by atoms with Crippen LogP contribution in [0.2, 0.25) is 0 Å². The number of aliphatic hydroxyl groups is 1. The van der Waals surface area contributed by atoms with Gasteiger partial charge >= 0.3 is 0 Å². The van der Waals surface area contributed by atoms with Gasteiger partial charge in [0, 0.05) is 26.1 Å². The summed E-state index contributed by atoms with van der Waals surface area (Å²) in [6, 6.07) is 12.6. The number of nitrogens with zero attached hydrogens (tertiary/aromatic N) is 1. The second kappa shape index (κ2) is 8.55. The molecule has 128 valence electrons. The van der Waals surface area contributed by atoms with E-state index in [0.29, 0.717) is 12.0 Å². The zero-order chi connectivity index (χ0) is 17.5. The molecule has 0 heterocycles. The number of rotatable bonds is 7. The van der Waals surface area contributed by atoms with Crippen LogP contribution in [0.25, 0.3) is 0 Å². The van der Waals surface area contributed by atoms with Crippen molar-refractivity contribution in [3.05, 3.63) is 71.3 Å². The molecule has 2 rings (SSSR count). The van der Waals surface area contributed by atoms with Gasteiger partial charge < -0.3 is 10.0 Å². The van der Waals surface area contributed by atoms with E-state index in [2.05, 4.69) is 0 Å². The summed E-state index contributed by atoms with van der Waals surface area (Å²) in [6.07, 6.45) is 0.751. The molecule has 0 aliphatic heterocycles. The third kappa shape index (κ3) is 4.61. The molecule has 0 aliphatic rings. The maximum Gasteiger partial charge on any atom is 0.223 e. The van der Waals surface area contributed by atoms with Crippen LogP contribution < -0.4 is 0 Å². The summed E-state index contributed by atoms with van der Waals surface area (Å²) >= 11 is 0. The SMILES string of the molecule is CN(C(=O)CCc1ccc(F)cc1F)C(CCO)c1ccccc1. The Balaban J connectivity index is 2.04. The first kappa shape index (κ1) is 18.1. The topological polar surface area (TPSA) is 40.5 Å². The monoisotopic (exact) mass is 333 g/mol. The Kier molecular flexibility index (Phi) is 6.44. The Morgan fingerprint density at radius 3 is 2.50 bits per heavy atom. The minimum Gasteiger partial charge on any atom is -0.396 e. The third-order valence-corrected chi connectivity index (χ3v) is 4.07. The summed E-state index contributed by atoms with van der Waals surface area (Å²) in [5.74, 6) is -1.42. The summed E-state index contributed by atoms with van der Waals surface area (Å²) in [5, 5.41) is 9.28. The maximum absolute atomic E-state index is 13.6. The van der Waals surface area contributed by atoms with Crippen molar-refractivity contribution in [1.29, 1.82) is 0 Å². The molecule has 0 saturated carbocycles. The number of benzene rings is 2. The highest BCUT2D eigenvalue weighted by Gasteiger charge is 2.21. The molecule has 1 atom stereocenters. The fourth-order valence-electron chi connectivity index (χ4n) is 2.70. The molecule has 3 nitrogen and oxygen atoms in total. The molecule has 0 saturated heterocycles. The molecule has 0 spiro atoms. The summed E-state index contributed by atoms with van der Waals surface area (Å²) in [6.45, 7) is -0.0379. The first-order valence-electron chi connectivity index (χ1n) is 7.88. The molecule has 5 heteroatoms. The normalized spacial score (nSPS) is 12.0. The molecule has 2 aromatic rings. The number of hydrogen-bond acceptors (Lipinski definition) is 2. The zero-order valence-electron chi connectivity index (χ0n) is 13.6.